The van der Waals surface area contributed by atoms with Gasteiger partial charge in [0, 0.05) is 0 Å². The molecule has 0 N–H and O–H groups in total. The summed E-state index contributed by atoms with van der Waals surface area (Å²) in [6, 6.07) is 0. The third kappa shape index (κ3) is 2.79. The van der Waals surface area contributed by atoms with E-state index in [0.717, 1.165) is 6.92 Å². The quantitative estimate of drug-likeness (QED) is 0.470. The molecule has 0 saturated carbocycles. The first-order chi connectivity index (χ1) is 2.94. The summed E-state index contributed by atoms with van der Waals surface area (Å²) in [5.74, 6) is 0. The molecule has 0 saturated heterocycles. The van der Waals surface area contributed by atoms with Crippen LogP contribution >= 0.6 is 12.6 Å². The zero-order valence-electron chi connectivity index (χ0n) is 3.62. The lowest BCUT2D eigenvalue weighted by Crippen LogP contribution is -2.19. The van der Waals surface area contributed by atoms with Crippen LogP contribution in [0.25, 0.3) is 0 Å². The molecule has 0 fully saturated rings. The van der Waals surface area contributed by atoms with Crippen LogP contribution in [0.2, 0.25) is 0 Å². The Balaban J connectivity index is 3.54. The van der Waals surface area contributed by atoms with Crippen molar-refractivity contribution >= 4 is 12.6 Å². The fraction of sp³-hybridized carbons (Fsp3) is 1.00. The summed E-state index contributed by atoms with van der Waals surface area (Å²) in [5, 5.41) is -1.62. The fourth-order valence-corrected chi connectivity index (χ4v) is 0. The molecule has 1 unspecified atom stereocenters. The molecule has 0 aliphatic rings. The number of rotatable bonds is 0. The van der Waals surface area contributed by atoms with Crippen LogP contribution in [-0.4, -0.2) is 11.4 Å². The Morgan fingerprint density at radius 3 is 1.57 bits per heavy atom. The van der Waals surface area contributed by atoms with Crippen LogP contribution in [0.1, 0.15) is 6.92 Å². The molecule has 0 aromatic heterocycles. The number of hydrogen-bond acceptors (Lipinski definition) is 0. The molecule has 0 aromatic carbocycles. The smallest absolute Gasteiger partial charge is 0.170 e. The van der Waals surface area contributed by atoms with Gasteiger partial charge in [-0.3, -0.25) is 0 Å². The molecule has 43 valence electrons. The highest BCUT2D eigenvalue weighted by Gasteiger charge is 2.33. The molecule has 0 amide bonds. The van der Waals surface area contributed by atoms with Crippen molar-refractivity contribution in [3.63, 3.8) is 0 Å². The fourth-order valence-electron chi connectivity index (χ4n) is 0. The van der Waals surface area contributed by atoms with Gasteiger partial charge in [-0.05, 0) is 6.92 Å². The maximum atomic E-state index is 11.1. The Morgan fingerprint density at radius 2 is 1.57 bits per heavy atom. The summed E-state index contributed by atoms with van der Waals surface area (Å²) in [6.45, 7) is 0.940. The average molecular weight is 129 g/mol. The van der Waals surface area contributed by atoms with Crippen molar-refractivity contribution < 1.29 is 13.2 Å². The maximum Gasteiger partial charge on any atom is 0.401 e. The second kappa shape index (κ2) is 1.94. The summed E-state index contributed by atoms with van der Waals surface area (Å²) in [4.78, 5) is 0. The van der Waals surface area contributed by atoms with Crippen LogP contribution in [0, 0.1) is 0 Å². The molecule has 0 nitrogen and oxygen atoms in total. The van der Waals surface area contributed by atoms with Crippen LogP contribution < -0.4 is 0 Å². The first-order valence-corrected chi connectivity index (χ1v) is 2.14. The van der Waals surface area contributed by atoms with E-state index in [1.165, 1.54) is 0 Å². The van der Waals surface area contributed by atoms with Crippen LogP contribution in [0.5, 0.6) is 0 Å². The molecule has 0 aliphatic carbocycles. The highest BCUT2D eigenvalue weighted by atomic mass is 32.1. The predicted molar refractivity (Wildman–Crippen MR) is 23.1 cm³/mol. The van der Waals surface area contributed by atoms with E-state index >= 15 is 0 Å². The Labute approximate surface area is 45.1 Å². The summed E-state index contributed by atoms with van der Waals surface area (Å²) < 4.78 is 33.2. The highest BCUT2D eigenvalue weighted by Crippen LogP contribution is 2.23. The number of alkyl halides is 3. The van der Waals surface area contributed by atoms with Crippen molar-refractivity contribution in [1.82, 2.24) is 0 Å². The summed E-state index contributed by atoms with van der Waals surface area (Å²) in [7, 11) is 0. The molecule has 0 rings (SSSR count). The van der Waals surface area contributed by atoms with Crippen molar-refractivity contribution in [3.05, 3.63) is 0 Å². The van der Waals surface area contributed by atoms with Gasteiger partial charge in [-0.15, -0.1) is 0 Å². The van der Waals surface area contributed by atoms with Gasteiger partial charge in [0.05, 0.1) is 0 Å². The second-order valence-corrected chi connectivity index (χ2v) is 1.89. The standard InChI is InChI=1S/C3H4F3S/c1-2(7)3(4,5)6/h2H,1H3. The molecule has 0 aromatic rings. The van der Waals surface area contributed by atoms with Gasteiger partial charge in [0.1, 0.15) is 5.25 Å². The first-order valence-electron chi connectivity index (χ1n) is 1.67. The molecule has 0 aliphatic heterocycles. The minimum Gasteiger partial charge on any atom is -0.170 e. The molecule has 0 spiro atoms. The second-order valence-electron chi connectivity index (χ2n) is 1.18. The first kappa shape index (κ1) is 7.14. The lowest BCUT2D eigenvalue weighted by Gasteiger charge is -2.05. The van der Waals surface area contributed by atoms with Crippen LogP contribution in [0.15, 0.2) is 0 Å². The Hall–Kier alpha value is 0.140. The van der Waals surface area contributed by atoms with Crippen molar-refractivity contribution in [1.29, 1.82) is 0 Å². The summed E-state index contributed by atoms with van der Waals surface area (Å²) in [5.41, 5.74) is 0. The molecule has 0 heterocycles. The van der Waals surface area contributed by atoms with Gasteiger partial charge in [0.2, 0.25) is 0 Å². The molecule has 4 heteroatoms. The molecule has 1 atom stereocenters. The van der Waals surface area contributed by atoms with E-state index in [4.69, 9.17) is 0 Å². The van der Waals surface area contributed by atoms with Crippen LogP contribution in [-0.2, 0) is 0 Å². The lowest BCUT2D eigenvalue weighted by molar-refractivity contribution is -0.124. The maximum absolute atomic E-state index is 11.1. The predicted octanol–water partition coefficient (Wildman–Crippen LogP) is 2.13. The van der Waals surface area contributed by atoms with Crippen LogP contribution in [0.4, 0.5) is 13.2 Å². The van der Waals surface area contributed by atoms with Gasteiger partial charge in [0.25, 0.3) is 0 Å². The van der Waals surface area contributed by atoms with Crippen molar-refractivity contribution in [2.45, 2.75) is 18.3 Å². The average Bonchev–Trinajstić information content (AvgIpc) is 1.31. The van der Waals surface area contributed by atoms with Crippen molar-refractivity contribution in [3.8, 4) is 0 Å². The zero-order chi connectivity index (χ0) is 6.08. The molecular weight excluding hydrogens is 125 g/mol. The van der Waals surface area contributed by atoms with Crippen molar-refractivity contribution in [2.24, 2.45) is 0 Å². The normalized spacial score (nSPS) is 16.7. The minimum atomic E-state index is -4.19. The van der Waals surface area contributed by atoms with E-state index in [0.29, 0.717) is 0 Å². The van der Waals surface area contributed by atoms with E-state index in [1.54, 1.807) is 0 Å². The zero-order valence-corrected chi connectivity index (χ0v) is 4.44. The third-order valence-electron chi connectivity index (χ3n) is 0.461. The van der Waals surface area contributed by atoms with E-state index in [1.807, 2.05) is 0 Å². The molecule has 1 radical (unpaired) electrons. The van der Waals surface area contributed by atoms with Gasteiger partial charge in [-0.1, -0.05) is 12.6 Å². The Kier molecular flexibility index (Phi) is 1.98. The summed E-state index contributed by atoms with van der Waals surface area (Å²) in [6.07, 6.45) is -4.19. The van der Waals surface area contributed by atoms with Gasteiger partial charge in [0.15, 0.2) is 0 Å². The van der Waals surface area contributed by atoms with Gasteiger partial charge in [-0.25, -0.2) is 0 Å². The van der Waals surface area contributed by atoms with E-state index in [9.17, 15) is 13.2 Å². The van der Waals surface area contributed by atoms with E-state index in [2.05, 4.69) is 12.6 Å². The highest BCUT2D eigenvalue weighted by molar-refractivity contribution is 7.81. The van der Waals surface area contributed by atoms with Crippen LogP contribution in [0.3, 0.4) is 0 Å². The van der Waals surface area contributed by atoms with Gasteiger partial charge in [-0.2, -0.15) is 13.2 Å². The molecular formula is C3H4F3S. The van der Waals surface area contributed by atoms with Gasteiger partial charge >= 0.3 is 6.18 Å². The minimum absolute atomic E-state index is 0.940. The lowest BCUT2D eigenvalue weighted by atomic mass is 10.5. The van der Waals surface area contributed by atoms with Gasteiger partial charge < -0.3 is 0 Å². The van der Waals surface area contributed by atoms with E-state index < -0.39 is 11.4 Å². The Morgan fingerprint density at radius 1 is 1.43 bits per heavy atom. The number of halogens is 3. The monoisotopic (exact) mass is 129 g/mol. The molecule has 0 bridgehead atoms. The SMILES string of the molecule is CC([S])C(F)(F)F. The topological polar surface area (TPSA) is 0 Å². The van der Waals surface area contributed by atoms with Crippen molar-refractivity contribution in [2.75, 3.05) is 0 Å². The Bertz CT molecular complexity index is 55.7. The third-order valence-corrected chi connectivity index (χ3v) is 0.728. The largest absolute Gasteiger partial charge is 0.401 e. The molecule has 7 heavy (non-hydrogen) atoms. The van der Waals surface area contributed by atoms with E-state index in [-0.39, 0.29) is 0 Å². The summed E-state index contributed by atoms with van der Waals surface area (Å²) >= 11 is 3.89. The number of hydrogen-bond donors (Lipinski definition) is 0.